The van der Waals surface area contributed by atoms with Crippen molar-refractivity contribution in [1.29, 1.82) is 0 Å². The summed E-state index contributed by atoms with van der Waals surface area (Å²) in [5.74, 6) is -0.423. The highest BCUT2D eigenvalue weighted by Crippen LogP contribution is 2.29. The number of carbonyl (C=O) groups excluding carboxylic acids is 1. The van der Waals surface area contributed by atoms with Crippen LogP contribution in [0, 0.1) is 12.0 Å². The predicted molar refractivity (Wildman–Crippen MR) is 71.0 cm³/mol. The maximum atomic E-state index is 11.8. The lowest BCUT2D eigenvalue weighted by molar-refractivity contribution is -0.146. The minimum atomic E-state index is -0.752. The number of benzene rings is 1. The molecule has 1 aromatic carbocycles. The van der Waals surface area contributed by atoms with E-state index < -0.39 is 17.4 Å². The molecule has 1 unspecified atom stereocenters. The molecule has 1 rings (SSSR count). The van der Waals surface area contributed by atoms with Gasteiger partial charge in [-0.05, 0) is 18.9 Å². The van der Waals surface area contributed by atoms with Gasteiger partial charge < -0.3 is 9.58 Å². The lowest BCUT2D eigenvalue weighted by atomic mass is 9.79. The molecular weight excluding hydrogens is 226 g/mol. The van der Waals surface area contributed by atoms with E-state index in [1.165, 1.54) is 0 Å². The third-order valence-corrected chi connectivity index (χ3v) is 2.88. The summed E-state index contributed by atoms with van der Waals surface area (Å²) in [5.41, 5.74) is 0.690. The molecule has 0 N–H and O–H groups in total. The van der Waals surface area contributed by atoms with E-state index >= 15 is 0 Å². The first-order valence-corrected chi connectivity index (χ1v) is 6.08. The van der Waals surface area contributed by atoms with Gasteiger partial charge in [-0.25, -0.2) is 11.4 Å². The molecule has 1 aromatic rings. The molecule has 0 bridgehead atoms. The molecule has 18 heavy (non-hydrogen) atoms. The average molecular weight is 245 g/mol. The van der Waals surface area contributed by atoms with Gasteiger partial charge in [0, 0.05) is 0 Å². The summed E-state index contributed by atoms with van der Waals surface area (Å²) >= 11 is 0. The first-order chi connectivity index (χ1) is 8.51. The van der Waals surface area contributed by atoms with Crippen molar-refractivity contribution in [2.45, 2.75) is 33.2 Å². The Bertz CT molecular complexity index is 432. The Hall–Kier alpha value is -1.82. The maximum absolute atomic E-state index is 11.8. The molecule has 0 radical (unpaired) electrons. The fraction of sp³-hybridized carbons (Fsp3) is 0.467. The Labute approximate surface area is 109 Å². The maximum Gasteiger partial charge on any atom is 0.390 e. The van der Waals surface area contributed by atoms with E-state index in [9.17, 15) is 4.79 Å². The minimum absolute atomic E-state index is 0.312. The highest BCUT2D eigenvalue weighted by Gasteiger charge is 2.42. The second-order valence-electron chi connectivity index (χ2n) is 4.93. The van der Waals surface area contributed by atoms with E-state index in [1.54, 1.807) is 6.92 Å². The van der Waals surface area contributed by atoms with Crippen molar-refractivity contribution in [3.63, 3.8) is 0 Å². The number of esters is 1. The monoisotopic (exact) mass is 245 g/mol. The highest BCUT2D eigenvalue weighted by molar-refractivity contribution is 5.78. The average Bonchev–Trinajstić information content (AvgIpc) is 2.30. The number of rotatable bonds is 5. The summed E-state index contributed by atoms with van der Waals surface area (Å²) in [6.45, 7) is 13.1. The molecule has 0 heterocycles. The first-order valence-electron chi connectivity index (χ1n) is 6.08. The summed E-state index contributed by atoms with van der Waals surface area (Å²) < 4.78 is 4.97. The molecule has 0 aliphatic heterocycles. The quantitative estimate of drug-likeness (QED) is 0.589. The normalized spacial score (nSPS) is 12.6. The van der Waals surface area contributed by atoms with E-state index in [2.05, 4.69) is 4.85 Å². The summed E-state index contributed by atoms with van der Waals surface area (Å²) in [7, 11) is 0. The Morgan fingerprint density at radius 2 is 2.00 bits per heavy atom. The van der Waals surface area contributed by atoms with Crippen LogP contribution in [0.15, 0.2) is 30.3 Å². The van der Waals surface area contributed by atoms with Gasteiger partial charge in [0.05, 0.1) is 12.0 Å². The zero-order valence-electron chi connectivity index (χ0n) is 11.1. The molecular formula is C15H19NO2. The van der Waals surface area contributed by atoms with Crippen molar-refractivity contribution in [2.24, 2.45) is 5.41 Å². The molecule has 1 atom stereocenters. The first kappa shape index (κ1) is 14.2. The van der Waals surface area contributed by atoms with E-state index in [-0.39, 0.29) is 0 Å². The molecule has 0 aliphatic rings. The molecule has 0 amide bonds. The van der Waals surface area contributed by atoms with Crippen molar-refractivity contribution in [3.8, 4) is 0 Å². The van der Waals surface area contributed by atoms with Crippen molar-refractivity contribution < 1.29 is 9.53 Å². The Morgan fingerprint density at radius 3 is 2.50 bits per heavy atom. The summed E-state index contributed by atoms with van der Waals surface area (Å²) in [4.78, 5) is 15.2. The highest BCUT2D eigenvalue weighted by atomic mass is 16.5. The minimum Gasteiger partial charge on any atom is -0.460 e. The fourth-order valence-electron chi connectivity index (χ4n) is 1.99. The Morgan fingerprint density at radius 1 is 1.39 bits per heavy atom. The molecule has 3 heteroatoms. The van der Waals surface area contributed by atoms with E-state index in [4.69, 9.17) is 11.3 Å². The van der Waals surface area contributed by atoms with Crippen LogP contribution in [0.4, 0.5) is 0 Å². The van der Waals surface area contributed by atoms with Crippen molar-refractivity contribution in [3.05, 3.63) is 47.3 Å². The number of nitrogens with zero attached hydrogens (tertiary/aromatic N) is 1. The van der Waals surface area contributed by atoms with Gasteiger partial charge in [-0.15, -0.1) is 0 Å². The zero-order chi connectivity index (χ0) is 13.6. The molecule has 0 fully saturated rings. The standard InChI is InChI=1S/C15H19NO2/c1-5-18-14(17)13(16-4)15(2,3)11-12-9-7-6-8-10-12/h6-10,13H,5,11H2,1-3H3. The molecule has 0 aliphatic carbocycles. The lowest BCUT2D eigenvalue weighted by Gasteiger charge is -2.24. The van der Waals surface area contributed by atoms with Crippen molar-refractivity contribution >= 4 is 5.97 Å². The van der Waals surface area contributed by atoms with Crippen LogP contribution in [-0.2, 0) is 16.0 Å². The van der Waals surface area contributed by atoms with Gasteiger partial charge in [0.25, 0.3) is 0 Å². The van der Waals surface area contributed by atoms with Crippen molar-refractivity contribution in [1.82, 2.24) is 0 Å². The second-order valence-corrected chi connectivity index (χ2v) is 4.93. The Kier molecular flexibility index (Phi) is 4.91. The summed E-state index contributed by atoms with van der Waals surface area (Å²) in [6, 6.07) is 9.14. The number of hydrogen-bond acceptors (Lipinski definition) is 2. The van der Waals surface area contributed by atoms with Crippen molar-refractivity contribution in [2.75, 3.05) is 6.61 Å². The number of hydrogen-bond donors (Lipinski definition) is 0. The summed E-state index contributed by atoms with van der Waals surface area (Å²) in [6.07, 6.45) is 0.680. The smallest absolute Gasteiger partial charge is 0.390 e. The summed E-state index contributed by atoms with van der Waals surface area (Å²) in [5, 5.41) is 0. The van der Waals surface area contributed by atoms with Gasteiger partial charge >= 0.3 is 12.0 Å². The van der Waals surface area contributed by atoms with E-state index in [0.29, 0.717) is 13.0 Å². The second kappa shape index (κ2) is 6.20. The van der Waals surface area contributed by atoms with Crippen LogP contribution < -0.4 is 0 Å². The van der Waals surface area contributed by atoms with Crippen LogP contribution in [0.5, 0.6) is 0 Å². The van der Waals surface area contributed by atoms with Gasteiger partial charge in [0.2, 0.25) is 0 Å². The van der Waals surface area contributed by atoms with Crippen LogP contribution in [0.3, 0.4) is 0 Å². The lowest BCUT2D eigenvalue weighted by Crippen LogP contribution is -2.37. The number of carbonyl (C=O) groups is 1. The molecule has 3 nitrogen and oxygen atoms in total. The largest absolute Gasteiger partial charge is 0.460 e. The van der Waals surface area contributed by atoms with Gasteiger partial charge in [-0.3, -0.25) is 0 Å². The van der Waals surface area contributed by atoms with Gasteiger partial charge in [0.1, 0.15) is 0 Å². The zero-order valence-corrected chi connectivity index (χ0v) is 11.1. The Balaban J connectivity index is 2.84. The predicted octanol–water partition coefficient (Wildman–Crippen LogP) is 3.11. The third-order valence-electron chi connectivity index (χ3n) is 2.88. The van der Waals surface area contributed by atoms with Gasteiger partial charge in [-0.2, -0.15) is 0 Å². The molecule has 96 valence electrons. The molecule has 0 saturated carbocycles. The van der Waals surface area contributed by atoms with Gasteiger partial charge in [0.15, 0.2) is 0 Å². The van der Waals surface area contributed by atoms with Crippen LogP contribution >= 0.6 is 0 Å². The van der Waals surface area contributed by atoms with Crippen LogP contribution in [0.1, 0.15) is 26.3 Å². The van der Waals surface area contributed by atoms with E-state index in [1.807, 2.05) is 44.2 Å². The van der Waals surface area contributed by atoms with Crippen LogP contribution in [0.2, 0.25) is 0 Å². The number of ether oxygens (including phenoxy) is 1. The molecule has 0 saturated heterocycles. The fourth-order valence-corrected chi connectivity index (χ4v) is 1.99. The molecule has 0 spiro atoms. The van der Waals surface area contributed by atoms with Gasteiger partial charge in [-0.1, -0.05) is 44.2 Å². The van der Waals surface area contributed by atoms with E-state index in [0.717, 1.165) is 5.56 Å². The third kappa shape index (κ3) is 3.59. The van der Waals surface area contributed by atoms with Crippen LogP contribution in [-0.4, -0.2) is 18.6 Å². The molecule has 0 aromatic heterocycles. The SMILES string of the molecule is [C-]#[N+]C(C(=O)OCC)C(C)(C)Cc1ccccc1. The topological polar surface area (TPSA) is 30.7 Å². The van der Waals surface area contributed by atoms with Crippen LogP contribution in [0.25, 0.3) is 4.85 Å².